The number of fused-ring (bicyclic) bond motifs is 1. The summed E-state index contributed by atoms with van der Waals surface area (Å²) in [6, 6.07) is 0.209. The van der Waals surface area contributed by atoms with Gasteiger partial charge in [-0.25, -0.2) is 9.97 Å². The fourth-order valence-corrected chi connectivity index (χ4v) is 3.37. The number of nitrogens with two attached hydrogens (primary N) is 1. The zero-order valence-corrected chi connectivity index (χ0v) is 11.8. The number of rotatable bonds is 3. The molecule has 3 heterocycles. The smallest absolute Gasteiger partial charge is 0.225 e. The van der Waals surface area contributed by atoms with Crippen molar-refractivity contribution in [3.05, 3.63) is 11.9 Å². The van der Waals surface area contributed by atoms with Crippen LogP contribution in [-0.2, 0) is 11.2 Å². The predicted molar refractivity (Wildman–Crippen MR) is 77.3 cm³/mol. The van der Waals surface area contributed by atoms with Crippen LogP contribution in [0.15, 0.2) is 6.33 Å². The van der Waals surface area contributed by atoms with Crippen molar-refractivity contribution < 1.29 is 4.79 Å². The van der Waals surface area contributed by atoms with Gasteiger partial charge in [-0.2, -0.15) is 0 Å². The van der Waals surface area contributed by atoms with Gasteiger partial charge in [0.25, 0.3) is 0 Å². The Bertz CT molecular complexity index is 518. The van der Waals surface area contributed by atoms with Crippen LogP contribution in [0.5, 0.6) is 0 Å². The maximum atomic E-state index is 11.9. The lowest BCUT2D eigenvalue weighted by atomic mass is 9.91. The van der Waals surface area contributed by atoms with Crippen molar-refractivity contribution in [2.45, 2.75) is 38.6 Å². The van der Waals surface area contributed by atoms with Crippen LogP contribution in [-0.4, -0.2) is 35.0 Å². The van der Waals surface area contributed by atoms with E-state index in [4.69, 9.17) is 5.73 Å². The maximum Gasteiger partial charge on any atom is 0.225 e. The molecule has 0 spiro atoms. The molecule has 2 fully saturated rings. The number of carbonyl (C=O) groups excluding carboxylic acids is 1. The van der Waals surface area contributed by atoms with Crippen molar-refractivity contribution in [2.75, 3.05) is 23.7 Å². The molecule has 0 aliphatic carbocycles. The van der Waals surface area contributed by atoms with E-state index in [2.05, 4.69) is 27.1 Å². The summed E-state index contributed by atoms with van der Waals surface area (Å²) in [6.07, 6.45) is 5.39. The number of carbonyl (C=O) groups is 1. The minimum Gasteiger partial charge on any atom is -0.383 e. The summed E-state index contributed by atoms with van der Waals surface area (Å²) in [5.41, 5.74) is 7.04. The van der Waals surface area contributed by atoms with Crippen LogP contribution in [0, 0.1) is 5.92 Å². The molecule has 1 aromatic rings. The Morgan fingerprint density at radius 1 is 1.50 bits per heavy atom. The number of nitrogens with zero attached hydrogens (tertiary/aromatic N) is 3. The van der Waals surface area contributed by atoms with Crippen LogP contribution < -0.4 is 16.0 Å². The number of hydrogen-bond donors (Lipinski definition) is 2. The van der Waals surface area contributed by atoms with Crippen LogP contribution in [0.1, 0.15) is 31.7 Å². The van der Waals surface area contributed by atoms with Crippen molar-refractivity contribution in [1.29, 1.82) is 0 Å². The van der Waals surface area contributed by atoms with Crippen LogP contribution in [0.4, 0.5) is 11.6 Å². The van der Waals surface area contributed by atoms with E-state index in [1.165, 1.54) is 6.33 Å². The highest BCUT2D eigenvalue weighted by molar-refractivity contribution is 5.83. The normalized spacial score (nSPS) is 25.4. The number of piperidine rings is 1. The molecule has 2 saturated heterocycles. The SMILES string of the molecule is CCCc1c(N)ncnc1N1CCCC2C(=O)NCC21. The molecule has 6 heteroatoms. The summed E-state index contributed by atoms with van der Waals surface area (Å²) in [6.45, 7) is 3.76. The molecule has 3 N–H and O–H groups in total. The Morgan fingerprint density at radius 3 is 3.15 bits per heavy atom. The first-order chi connectivity index (χ1) is 9.72. The summed E-state index contributed by atoms with van der Waals surface area (Å²) in [5, 5.41) is 2.97. The molecule has 2 aliphatic rings. The fourth-order valence-electron chi connectivity index (χ4n) is 3.37. The Labute approximate surface area is 118 Å². The molecule has 6 nitrogen and oxygen atoms in total. The minimum absolute atomic E-state index is 0.0921. The van der Waals surface area contributed by atoms with Gasteiger partial charge in [0.1, 0.15) is 18.0 Å². The van der Waals surface area contributed by atoms with E-state index in [0.717, 1.165) is 43.6 Å². The number of aromatic nitrogens is 2. The van der Waals surface area contributed by atoms with Gasteiger partial charge in [-0.1, -0.05) is 13.3 Å². The Kier molecular flexibility index (Phi) is 3.46. The highest BCUT2D eigenvalue weighted by Gasteiger charge is 2.41. The first kappa shape index (κ1) is 13.1. The van der Waals surface area contributed by atoms with Gasteiger partial charge in [0.15, 0.2) is 0 Å². The third-order valence-corrected chi connectivity index (χ3v) is 4.33. The van der Waals surface area contributed by atoms with Crippen molar-refractivity contribution >= 4 is 17.5 Å². The topological polar surface area (TPSA) is 84.1 Å². The van der Waals surface area contributed by atoms with E-state index in [0.29, 0.717) is 12.4 Å². The Balaban J connectivity index is 1.96. The third-order valence-electron chi connectivity index (χ3n) is 4.33. The van der Waals surface area contributed by atoms with Crippen molar-refractivity contribution in [2.24, 2.45) is 5.92 Å². The highest BCUT2D eigenvalue weighted by atomic mass is 16.2. The summed E-state index contributed by atoms with van der Waals surface area (Å²) in [4.78, 5) is 22.7. The minimum atomic E-state index is 0.0921. The molecule has 2 unspecified atom stereocenters. The first-order valence-electron chi connectivity index (χ1n) is 7.36. The van der Waals surface area contributed by atoms with E-state index >= 15 is 0 Å². The average molecular weight is 275 g/mol. The van der Waals surface area contributed by atoms with Crippen molar-refractivity contribution in [3.8, 4) is 0 Å². The largest absolute Gasteiger partial charge is 0.383 e. The van der Waals surface area contributed by atoms with Gasteiger partial charge in [0.2, 0.25) is 5.91 Å². The lowest BCUT2D eigenvalue weighted by molar-refractivity contribution is -0.122. The number of nitrogen functional groups attached to an aromatic ring is 1. The van der Waals surface area contributed by atoms with Gasteiger partial charge < -0.3 is 16.0 Å². The first-order valence-corrected chi connectivity index (χ1v) is 7.36. The molecule has 2 atom stereocenters. The van der Waals surface area contributed by atoms with Gasteiger partial charge in [-0.05, 0) is 19.3 Å². The highest BCUT2D eigenvalue weighted by Crippen LogP contribution is 2.33. The molecule has 108 valence electrons. The van der Waals surface area contributed by atoms with E-state index in [9.17, 15) is 4.79 Å². The molecule has 0 radical (unpaired) electrons. The standard InChI is InChI=1S/C14H21N5O/c1-2-4-10-12(15)17-8-18-13(10)19-6-3-5-9-11(19)7-16-14(9)20/h8-9,11H,2-7H2,1H3,(H,16,20)(H2,15,17,18). The van der Waals surface area contributed by atoms with Gasteiger partial charge in [-0.15, -0.1) is 0 Å². The molecular formula is C14H21N5O. The third kappa shape index (κ3) is 2.09. The molecule has 2 aliphatic heterocycles. The second kappa shape index (κ2) is 5.26. The van der Waals surface area contributed by atoms with Gasteiger partial charge >= 0.3 is 0 Å². The van der Waals surface area contributed by atoms with E-state index in [1.54, 1.807) is 0 Å². The molecule has 0 saturated carbocycles. The van der Waals surface area contributed by atoms with Gasteiger partial charge in [0, 0.05) is 18.7 Å². The average Bonchev–Trinajstić information content (AvgIpc) is 2.83. The monoisotopic (exact) mass is 275 g/mol. The number of anilines is 2. The number of hydrogen-bond acceptors (Lipinski definition) is 5. The van der Waals surface area contributed by atoms with Crippen LogP contribution in [0.25, 0.3) is 0 Å². The zero-order valence-electron chi connectivity index (χ0n) is 11.8. The van der Waals surface area contributed by atoms with Crippen molar-refractivity contribution in [1.82, 2.24) is 15.3 Å². The molecule has 0 bridgehead atoms. The predicted octanol–water partition coefficient (Wildman–Crippen LogP) is 0.726. The molecule has 0 aromatic carbocycles. The molecule has 3 rings (SSSR count). The zero-order chi connectivity index (χ0) is 14.1. The molecular weight excluding hydrogens is 254 g/mol. The molecule has 20 heavy (non-hydrogen) atoms. The summed E-state index contributed by atoms with van der Waals surface area (Å²) in [5.74, 6) is 1.76. The van der Waals surface area contributed by atoms with E-state index in [-0.39, 0.29) is 17.9 Å². The maximum absolute atomic E-state index is 11.9. The number of amides is 1. The van der Waals surface area contributed by atoms with E-state index in [1.807, 2.05) is 0 Å². The Morgan fingerprint density at radius 2 is 2.35 bits per heavy atom. The van der Waals surface area contributed by atoms with Gasteiger partial charge in [-0.3, -0.25) is 4.79 Å². The van der Waals surface area contributed by atoms with Gasteiger partial charge in [0.05, 0.1) is 12.0 Å². The number of nitrogens with one attached hydrogen (secondary N) is 1. The van der Waals surface area contributed by atoms with Crippen LogP contribution in [0.3, 0.4) is 0 Å². The lowest BCUT2D eigenvalue weighted by Gasteiger charge is -2.37. The van der Waals surface area contributed by atoms with Crippen LogP contribution in [0.2, 0.25) is 0 Å². The van der Waals surface area contributed by atoms with Crippen molar-refractivity contribution in [3.63, 3.8) is 0 Å². The lowest BCUT2D eigenvalue weighted by Crippen LogP contribution is -2.46. The van der Waals surface area contributed by atoms with E-state index < -0.39 is 0 Å². The second-order valence-electron chi connectivity index (χ2n) is 5.57. The second-order valence-corrected chi connectivity index (χ2v) is 5.57. The molecule has 1 amide bonds. The van der Waals surface area contributed by atoms with Crippen LogP contribution >= 0.6 is 0 Å². The summed E-state index contributed by atoms with van der Waals surface area (Å²) < 4.78 is 0. The summed E-state index contributed by atoms with van der Waals surface area (Å²) >= 11 is 0. The quantitative estimate of drug-likeness (QED) is 0.849. The molecule has 1 aromatic heterocycles. The Hall–Kier alpha value is -1.85. The fraction of sp³-hybridized carbons (Fsp3) is 0.643. The summed E-state index contributed by atoms with van der Waals surface area (Å²) in [7, 11) is 0.